The minimum Gasteiger partial charge on any atom is -0.473 e. The summed E-state index contributed by atoms with van der Waals surface area (Å²) in [5, 5.41) is 16.4. The van der Waals surface area contributed by atoms with Crippen molar-refractivity contribution in [1.29, 1.82) is 5.26 Å². The monoisotopic (exact) mass is 448 g/mol. The topological polar surface area (TPSA) is 110 Å². The van der Waals surface area contributed by atoms with Gasteiger partial charge in [0.15, 0.2) is 11.9 Å². The highest BCUT2D eigenvalue weighted by molar-refractivity contribution is 6.33. The van der Waals surface area contributed by atoms with Crippen LogP contribution in [0, 0.1) is 11.3 Å². The fourth-order valence-corrected chi connectivity index (χ4v) is 3.39. The number of carbonyl (C=O) groups excluding carboxylic acids is 1. The normalized spacial score (nSPS) is 11.7. The number of halogens is 1. The maximum Gasteiger partial charge on any atom is 0.266 e. The van der Waals surface area contributed by atoms with Gasteiger partial charge in [0.05, 0.1) is 16.6 Å². The number of benzene rings is 2. The molecule has 9 heteroatoms. The zero-order valence-electron chi connectivity index (χ0n) is 17.1. The molecule has 8 nitrogen and oxygen atoms in total. The second-order valence-electron chi connectivity index (χ2n) is 6.96. The molecule has 0 radical (unpaired) electrons. The van der Waals surface area contributed by atoms with E-state index in [2.05, 4.69) is 10.4 Å². The van der Waals surface area contributed by atoms with Crippen LogP contribution < -0.4 is 15.5 Å². The van der Waals surface area contributed by atoms with Crippen molar-refractivity contribution in [2.45, 2.75) is 13.0 Å². The van der Waals surface area contributed by atoms with E-state index in [1.54, 1.807) is 55.6 Å². The number of nitriles is 1. The molecule has 0 aliphatic heterocycles. The lowest BCUT2D eigenvalue weighted by Gasteiger charge is -2.17. The van der Waals surface area contributed by atoms with Gasteiger partial charge in [0.2, 0.25) is 11.2 Å². The van der Waals surface area contributed by atoms with Crippen LogP contribution in [0.25, 0.3) is 22.3 Å². The first-order valence-electron chi connectivity index (χ1n) is 9.61. The Kier molecular flexibility index (Phi) is 5.67. The van der Waals surface area contributed by atoms with Gasteiger partial charge in [0, 0.05) is 12.6 Å². The van der Waals surface area contributed by atoms with Gasteiger partial charge in [0.25, 0.3) is 5.91 Å². The molecule has 32 heavy (non-hydrogen) atoms. The largest absolute Gasteiger partial charge is 0.473 e. The standard InChI is InChI=1S/C23H17ClN4O4/c1-13(23(30)27-22-14(11-25)12-26-28(22)2)31-21-19(29)16-8-4-6-10-18(16)32-20(21)15-7-3-5-9-17(15)24/h3-10,12-13H,1-2H3,(H,27,30). The maximum atomic E-state index is 13.2. The van der Waals surface area contributed by atoms with Gasteiger partial charge in [-0.15, -0.1) is 0 Å². The van der Waals surface area contributed by atoms with Gasteiger partial charge in [-0.2, -0.15) is 10.4 Å². The average molecular weight is 449 g/mol. The van der Waals surface area contributed by atoms with Crippen molar-refractivity contribution in [3.63, 3.8) is 0 Å². The third-order valence-corrected chi connectivity index (χ3v) is 5.17. The lowest BCUT2D eigenvalue weighted by atomic mass is 10.1. The van der Waals surface area contributed by atoms with Crippen LogP contribution in [0.15, 0.2) is 63.9 Å². The second-order valence-corrected chi connectivity index (χ2v) is 7.36. The summed E-state index contributed by atoms with van der Waals surface area (Å²) in [5.41, 5.74) is 0.596. The van der Waals surface area contributed by atoms with Crippen molar-refractivity contribution >= 4 is 34.3 Å². The van der Waals surface area contributed by atoms with Crippen LogP contribution in [-0.2, 0) is 11.8 Å². The van der Waals surface area contributed by atoms with E-state index in [0.717, 1.165) is 0 Å². The molecule has 0 aliphatic carbocycles. The van der Waals surface area contributed by atoms with Crippen molar-refractivity contribution in [2.75, 3.05) is 5.32 Å². The van der Waals surface area contributed by atoms with Gasteiger partial charge in [-0.25, -0.2) is 0 Å². The van der Waals surface area contributed by atoms with E-state index < -0.39 is 17.4 Å². The third-order valence-electron chi connectivity index (χ3n) is 4.84. The molecule has 0 saturated carbocycles. The molecule has 4 aromatic rings. The highest BCUT2D eigenvalue weighted by atomic mass is 35.5. The zero-order chi connectivity index (χ0) is 22.8. The Morgan fingerprint density at radius 1 is 1.25 bits per heavy atom. The molecule has 2 aromatic heterocycles. The van der Waals surface area contributed by atoms with Gasteiger partial charge in [-0.3, -0.25) is 14.3 Å². The number of rotatable bonds is 5. The molecule has 2 heterocycles. The minimum atomic E-state index is -1.10. The van der Waals surface area contributed by atoms with Crippen molar-refractivity contribution < 1.29 is 13.9 Å². The number of hydrogen-bond acceptors (Lipinski definition) is 6. The molecule has 160 valence electrons. The van der Waals surface area contributed by atoms with Crippen LogP contribution in [0.4, 0.5) is 5.82 Å². The van der Waals surface area contributed by atoms with Crippen molar-refractivity contribution in [3.8, 4) is 23.1 Å². The fourth-order valence-electron chi connectivity index (χ4n) is 3.17. The Balaban J connectivity index is 1.76. The number of ether oxygens (including phenoxy) is 1. The summed E-state index contributed by atoms with van der Waals surface area (Å²) in [6.45, 7) is 1.49. The molecular weight excluding hydrogens is 432 g/mol. The van der Waals surface area contributed by atoms with Gasteiger partial charge in [-0.05, 0) is 31.2 Å². The molecule has 0 bridgehead atoms. The van der Waals surface area contributed by atoms with E-state index in [1.807, 2.05) is 6.07 Å². The number of hydrogen-bond donors (Lipinski definition) is 1. The molecule has 1 amide bonds. The number of aromatic nitrogens is 2. The summed E-state index contributed by atoms with van der Waals surface area (Å²) in [7, 11) is 1.59. The van der Waals surface area contributed by atoms with E-state index in [0.29, 0.717) is 21.6 Å². The van der Waals surface area contributed by atoms with Crippen molar-refractivity contribution in [3.05, 3.63) is 75.5 Å². The number of fused-ring (bicyclic) bond motifs is 1. The lowest BCUT2D eigenvalue weighted by molar-refractivity contribution is -0.122. The lowest BCUT2D eigenvalue weighted by Crippen LogP contribution is -2.32. The summed E-state index contributed by atoms with van der Waals surface area (Å²) in [4.78, 5) is 26.0. The molecular formula is C23H17ClN4O4. The number of amides is 1. The Morgan fingerprint density at radius 2 is 1.97 bits per heavy atom. The van der Waals surface area contributed by atoms with Gasteiger partial charge in [-0.1, -0.05) is 35.9 Å². The third kappa shape index (κ3) is 3.82. The fraction of sp³-hybridized carbons (Fsp3) is 0.130. The summed E-state index contributed by atoms with van der Waals surface area (Å²) >= 11 is 6.34. The summed E-state index contributed by atoms with van der Waals surface area (Å²) < 4.78 is 13.2. The maximum absolute atomic E-state index is 13.2. The molecule has 0 aliphatic rings. The first-order valence-corrected chi connectivity index (χ1v) is 9.99. The molecule has 1 N–H and O–H groups in total. The van der Waals surface area contributed by atoms with Crippen LogP contribution in [0.1, 0.15) is 12.5 Å². The average Bonchev–Trinajstić information content (AvgIpc) is 3.15. The van der Waals surface area contributed by atoms with Crippen LogP contribution in [0.5, 0.6) is 5.75 Å². The van der Waals surface area contributed by atoms with E-state index in [9.17, 15) is 14.9 Å². The smallest absolute Gasteiger partial charge is 0.266 e. The Labute approximate surface area is 187 Å². The predicted molar refractivity (Wildman–Crippen MR) is 120 cm³/mol. The van der Waals surface area contributed by atoms with Crippen LogP contribution >= 0.6 is 11.6 Å². The number of nitrogens with zero attached hydrogens (tertiary/aromatic N) is 3. The Bertz CT molecular complexity index is 1430. The minimum absolute atomic E-state index is 0.122. The van der Waals surface area contributed by atoms with Gasteiger partial charge >= 0.3 is 0 Å². The zero-order valence-corrected chi connectivity index (χ0v) is 17.9. The highest BCUT2D eigenvalue weighted by Crippen LogP contribution is 2.35. The number of anilines is 1. The highest BCUT2D eigenvalue weighted by Gasteiger charge is 2.25. The number of nitrogens with one attached hydrogen (secondary N) is 1. The molecule has 0 saturated heterocycles. The van der Waals surface area contributed by atoms with E-state index in [-0.39, 0.29) is 22.9 Å². The Hall–Kier alpha value is -4.09. The number of aryl methyl sites for hydroxylation is 1. The first kappa shape index (κ1) is 21.2. The summed E-state index contributed by atoms with van der Waals surface area (Å²) in [6.07, 6.45) is 0.246. The van der Waals surface area contributed by atoms with E-state index in [1.165, 1.54) is 17.8 Å². The van der Waals surface area contributed by atoms with Gasteiger partial charge in [0.1, 0.15) is 23.0 Å². The molecule has 1 unspecified atom stereocenters. The molecule has 0 fully saturated rings. The molecule has 4 rings (SSSR count). The van der Waals surface area contributed by atoms with E-state index in [4.69, 9.17) is 20.8 Å². The predicted octanol–water partition coefficient (Wildman–Crippen LogP) is 4.12. The number of para-hydroxylation sites is 1. The summed E-state index contributed by atoms with van der Waals surface area (Å²) in [5.74, 6) is -0.352. The van der Waals surface area contributed by atoms with E-state index >= 15 is 0 Å². The SMILES string of the molecule is CC(Oc1c(-c2ccccc2Cl)oc2ccccc2c1=O)C(=O)Nc1c(C#N)cnn1C. The second kappa shape index (κ2) is 8.57. The van der Waals surface area contributed by atoms with Crippen LogP contribution in [0.3, 0.4) is 0 Å². The van der Waals surface area contributed by atoms with Gasteiger partial charge < -0.3 is 14.5 Å². The summed E-state index contributed by atoms with van der Waals surface area (Å²) in [6, 6.07) is 15.6. The molecule has 2 aromatic carbocycles. The molecule has 1 atom stereocenters. The van der Waals surface area contributed by atoms with Crippen LogP contribution in [0.2, 0.25) is 5.02 Å². The Morgan fingerprint density at radius 3 is 2.72 bits per heavy atom. The van der Waals surface area contributed by atoms with Crippen LogP contribution in [-0.4, -0.2) is 21.8 Å². The first-order chi connectivity index (χ1) is 15.4. The quantitative estimate of drug-likeness (QED) is 0.491. The molecule has 0 spiro atoms. The van der Waals surface area contributed by atoms with Crippen molar-refractivity contribution in [1.82, 2.24) is 9.78 Å². The number of carbonyl (C=O) groups is 1. The van der Waals surface area contributed by atoms with Crippen molar-refractivity contribution in [2.24, 2.45) is 7.05 Å².